The van der Waals surface area contributed by atoms with Crippen LogP contribution < -0.4 is 5.73 Å². The fourth-order valence-electron chi connectivity index (χ4n) is 2.09. The summed E-state index contributed by atoms with van der Waals surface area (Å²) in [7, 11) is 0. The van der Waals surface area contributed by atoms with Gasteiger partial charge in [0.1, 0.15) is 5.82 Å². The molecule has 0 saturated carbocycles. The highest BCUT2D eigenvalue weighted by molar-refractivity contribution is 5.82. The van der Waals surface area contributed by atoms with Crippen LogP contribution in [0.25, 0.3) is 0 Å². The van der Waals surface area contributed by atoms with E-state index in [9.17, 15) is 9.18 Å². The number of nitrogens with two attached hydrogens (primary N) is 1. The molecule has 4 heteroatoms. The molecular formula is C16H13FN2O. The molecule has 2 rings (SSSR count). The highest BCUT2D eigenvalue weighted by Gasteiger charge is 2.22. The normalized spacial score (nSPS) is 11.6. The predicted octanol–water partition coefficient (Wildman–Crippen LogP) is 2.51. The monoisotopic (exact) mass is 268 g/mol. The SMILES string of the molecule is N#Cc1ccc(C(Cc2ccccc2)C(N)=O)c(F)c1. The molecule has 2 N–H and O–H groups in total. The summed E-state index contributed by atoms with van der Waals surface area (Å²) in [6.07, 6.45) is 0.332. The third-order valence-corrected chi connectivity index (χ3v) is 3.13. The van der Waals surface area contributed by atoms with E-state index in [4.69, 9.17) is 11.0 Å². The van der Waals surface area contributed by atoms with E-state index in [-0.39, 0.29) is 11.1 Å². The number of halogens is 1. The Morgan fingerprint density at radius 2 is 1.95 bits per heavy atom. The Morgan fingerprint density at radius 3 is 2.50 bits per heavy atom. The van der Waals surface area contributed by atoms with Crippen molar-refractivity contribution in [2.75, 3.05) is 0 Å². The predicted molar refractivity (Wildman–Crippen MR) is 73.2 cm³/mol. The molecule has 0 spiro atoms. The van der Waals surface area contributed by atoms with Crippen molar-refractivity contribution in [3.63, 3.8) is 0 Å². The fourth-order valence-corrected chi connectivity index (χ4v) is 2.09. The lowest BCUT2D eigenvalue weighted by Gasteiger charge is -2.15. The molecule has 0 saturated heterocycles. The molecule has 20 heavy (non-hydrogen) atoms. The molecule has 2 aromatic rings. The van der Waals surface area contributed by atoms with E-state index in [2.05, 4.69) is 0 Å². The number of carbonyl (C=O) groups excluding carboxylic acids is 1. The van der Waals surface area contributed by atoms with E-state index in [1.54, 1.807) is 0 Å². The van der Waals surface area contributed by atoms with Gasteiger partial charge in [0.2, 0.25) is 5.91 Å². The Kier molecular flexibility index (Phi) is 4.11. The van der Waals surface area contributed by atoms with Crippen LogP contribution in [0.15, 0.2) is 48.5 Å². The maximum Gasteiger partial charge on any atom is 0.225 e. The lowest BCUT2D eigenvalue weighted by atomic mass is 9.90. The number of hydrogen-bond donors (Lipinski definition) is 1. The Hall–Kier alpha value is -2.67. The summed E-state index contributed by atoms with van der Waals surface area (Å²) < 4.78 is 14.0. The van der Waals surface area contributed by atoms with Gasteiger partial charge in [-0.05, 0) is 24.1 Å². The molecule has 100 valence electrons. The minimum absolute atomic E-state index is 0.217. The third-order valence-electron chi connectivity index (χ3n) is 3.13. The van der Waals surface area contributed by atoms with Crippen molar-refractivity contribution in [2.24, 2.45) is 5.73 Å². The van der Waals surface area contributed by atoms with E-state index in [0.29, 0.717) is 6.42 Å². The summed E-state index contributed by atoms with van der Waals surface area (Å²) in [5.41, 5.74) is 6.73. The zero-order chi connectivity index (χ0) is 14.5. The molecule has 0 radical (unpaired) electrons. The first-order valence-electron chi connectivity index (χ1n) is 6.14. The lowest BCUT2D eigenvalue weighted by Crippen LogP contribution is -2.24. The number of amides is 1. The van der Waals surface area contributed by atoms with Crippen molar-refractivity contribution in [3.05, 3.63) is 71.0 Å². The van der Waals surface area contributed by atoms with Crippen LogP contribution >= 0.6 is 0 Å². The fraction of sp³-hybridized carbons (Fsp3) is 0.125. The summed E-state index contributed by atoms with van der Waals surface area (Å²) in [5.74, 6) is -1.91. The van der Waals surface area contributed by atoms with Gasteiger partial charge >= 0.3 is 0 Å². The van der Waals surface area contributed by atoms with Crippen LogP contribution in [0.3, 0.4) is 0 Å². The molecule has 0 aliphatic heterocycles. The molecule has 3 nitrogen and oxygen atoms in total. The number of benzene rings is 2. The summed E-state index contributed by atoms with van der Waals surface area (Å²) in [6.45, 7) is 0. The molecule has 0 aliphatic rings. The van der Waals surface area contributed by atoms with Crippen molar-refractivity contribution >= 4 is 5.91 Å². The topological polar surface area (TPSA) is 66.9 Å². The van der Waals surface area contributed by atoms with E-state index in [0.717, 1.165) is 11.6 Å². The van der Waals surface area contributed by atoms with E-state index < -0.39 is 17.6 Å². The largest absolute Gasteiger partial charge is 0.369 e. The maximum absolute atomic E-state index is 14.0. The van der Waals surface area contributed by atoms with Crippen molar-refractivity contribution in [3.8, 4) is 6.07 Å². The van der Waals surface area contributed by atoms with Gasteiger partial charge < -0.3 is 5.73 Å². The zero-order valence-corrected chi connectivity index (χ0v) is 10.7. The van der Waals surface area contributed by atoms with Crippen LogP contribution in [0.2, 0.25) is 0 Å². The summed E-state index contributed by atoms with van der Waals surface area (Å²) in [6, 6.07) is 15.2. The first-order valence-corrected chi connectivity index (χ1v) is 6.14. The molecule has 1 unspecified atom stereocenters. The Morgan fingerprint density at radius 1 is 1.25 bits per heavy atom. The third kappa shape index (κ3) is 3.01. The first kappa shape index (κ1) is 13.8. The van der Waals surface area contributed by atoms with Gasteiger partial charge in [-0.1, -0.05) is 36.4 Å². The Labute approximate surface area is 116 Å². The number of carbonyl (C=O) groups is 1. The van der Waals surface area contributed by atoms with Crippen molar-refractivity contribution in [1.82, 2.24) is 0 Å². The molecular weight excluding hydrogens is 255 g/mol. The summed E-state index contributed by atoms with van der Waals surface area (Å²) in [4.78, 5) is 11.6. The minimum atomic E-state index is -0.745. The van der Waals surface area contributed by atoms with Crippen molar-refractivity contribution in [2.45, 2.75) is 12.3 Å². The van der Waals surface area contributed by atoms with Crippen molar-refractivity contribution in [1.29, 1.82) is 5.26 Å². The van der Waals surface area contributed by atoms with E-state index >= 15 is 0 Å². The number of primary amides is 1. The Balaban J connectivity index is 2.35. The lowest BCUT2D eigenvalue weighted by molar-refractivity contribution is -0.119. The van der Waals surface area contributed by atoms with Crippen LogP contribution in [0.1, 0.15) is 22.6 Å². The van der Waals surface area contributed by atoms with Gasteiger partial charge in [-0.2, -0.15) is 5.26 Å². The molecule has 0 fully saturated rings. The van der Waals surface area contributed by atoms with Crippen LogP contribution in [0.5, 0.6) is 0 Å². The molecule has 2 aromatic carbocycles. The van der Waals surface area contributed by atoms with Gasteiger partial charge in [0, 0.05) is 5.56 Å². The number of nitriles is 1. The standard InChI is InChI=1S/C16H13FN2O/c17-15-9-12(10-18)6-7-13(15)14(16(19)20)8-11-4-2-1-3-5-11/h1-7,9,14H,8H2,(H2,19,20). The summed E-state index contributed by atoms with van der Waals surface area (Å²) >= 11 is 0. The number of hydrogen-bond acceptors (Lipinski definition) is 2. The van der Waals surface area contributed by atoms with Gasteiger partial charge in [0.25, 0.3) is 0 Å². The molecule has 1 amide bonds. The highest BCUT2D eigenvalue weighted by Crippen LogP contribution is 2.24. The maximum atomic E-state index is 14.0. The highest BCUT2D eigenvalue weighted by atomic mass is 19.1. The van der Waals surface area contributed by atoms with E-state index in [1.807, 2.05) is 36.4 Å². The van der Waals surface area contributed by atoms with Crippen LogP contribution in [-0.4, -0.2) is 5.91 Å². The van der Waals surface area contributed by atoms with Gasteiger partial charge in [-0.3, -0.25) is 4.79 Å². The number of nitrogens with zero attached hydrogens (tertiary/aromatic N) is 1. The smallest absolute Gasteiger partial charge is 0.225 e. The molecule has 1 atom stereocenters. The summed E-state index contributed by atoms with van der Waals surface area (Å²) in [5, 5.41) is 8.73. The first-order chi connectivity index (χ1) is 9.61. The van der Waals surface area contributed by atoms with E-state index in [1.165, 1.54) is 12.1 Å². The van der Waals surface area contributed by atoms with Crippen LogP contribution in [0, 0.1) is 17.1 Å². The molecule has 0 aliphatic carbocycles. The zero-order valence-electron chi connectivity index (χ0n) is 10.7. The molecule has 0 bridgehead atoms. The minimum Gasteiger partial charge on any atom is -0.369 e. The molecule has 0 aromatic heterocycles. The Bertz CT molecular complexity index is 662. The average molecular weight is 268 g/mol. The second kappa shape index (κ2) is 5.98. The van der Waals surface area contributed by atoms with Crippen LogP contribution in [-0.2, 0) is 11.2 Å². The average Bonchev–Trinajstić information content (AvgIpc) is 2.46. The molecule has 0 heterocycles. The number of rotatable bonds is 4. The second-order valence-electron chi connectivity index (χ2n) is 4.49. The van der Waals surface area contributed by atoms with Gasteiger partial charge in [0.15, 0.2) is 0 Å². The van der Waals surface area contributed by atoms with Gasteiger partial charge in [-0.25, -0.2) is 4.39 Å². The second-order valence-corrected chi connectivity index (χ2v) is 4.49. The van der Waals surface area contributed by atoms with Crippen LogP contribution in [0.4, 0.5) is 4.39 Å². The quantitative estimate of drug-likeness (QED) is 0.925. The van der Waals surface area contributed by atoms with Crippen molar-refractivity contribution < 1.29 is 9.18 Å². The van der Waals surface area contributed by atoms with Gasteiger partial charge in [-0.15, -0.1) is 0 Å². The van der Waals surface area contributed by atoms with Gasteiger partial charge in [0.05, 0.1) is 17.6 Å².